The molecule has 142 valence electrons. The van der Waals surface area contributed by atoms with Crippen molar-refractivity contribution < 1.29 is 9.18 Å². The molecule has 2 aromatic carbocycles. The molecule has 0 radical (unpaired) electrons. The average Bonchev–Trinajstić information content (AvgIpc) is 2.69. The predicted octanol–water partition coefficient (Wildman–Crippen LogP) is 4.25. The summed E-state index contributed by atoms with van der Waals surface area (Å²) in [6, 6.07) is 12.5. The van der Waals surface area contributed by atoms with Crippen LogP contribution in [0.3, 0.4) is 0 Å². The molecule has 1 amide bonds. The molecule has 6 heteroatoms. The number of aryl methyl sites for hydroxylation is 1. The fourth-order valence-corrected chi connectivity index (χ4v) is 3.31. The molecule has 0 aromatic heterocycles. The van der Waals surface area contributed by atoms with Crippen LogP contribution in [0.25, 0.3) is 0 Å². The number of anilines is 1. The summed E-state index contributed by atoms with van der Waals surface area (Å²) in [6.07, 6.45) is 3.35. The number of nitrogens with zero attached hydrogens (tertiary/aromatic N) is 1. The standard InChI is InChI=1S/C21H24FN3OS/c1-15-8-9-18(13-19(15)22)24-21(27)23-14-16-6-5-7-17(12-16)20(26)25-10-3-2-4-11-25/h5-9,12-13H,2-4,10-11,14H2,1H3,(H2,23,24,27). The number of rotatable bonds is 4. The minimum Gasteiger partial charge on any atom is -0.358 e. The lowest BCUT2D eigenvalue weighted by Gasteiger charge is -2.26. The van der Waals surface area contributed by atoms with Gasteiger partial charge < -0.3 is 15.5 Å². The lowest BCUT2D eigenvalue weighted by atomic mass is 10.1. The van der Waals surface area contributed by atoms with Crippen LogP contribution in [0.5, 0.6) is 0 Å². The Morgan fingerprint density at radius 1 is 1.15 bits per heavy atom. The molecule has 0 aliphatic carbocycles. The van der Waals surface area contributed by atoms with Crippen molar-refractivity contribution in [3.05, 3.63) is 65.0 Å². The van der Waals surface area contributed by atoms with E-state index in [1.165, 1.54) is 12.5 Å². The highest BCUT2D eigenvalue weighted by molar-refractivity contribution is 7.80. The van der Waals surface area contributed by atoms with Gasteiger partial charge >= 0.3 is 0 Å². The normalized spacial score (nSPS) is 13.9. The van der Waals surface area contributed by atoms with Crippen LogP contribution in [-0.2, 0) is 6.54 Å². The maximum Gasteiger partial charge on any atom is 0.253 e. The lowest BCUT2D eigenvalue weighted by molar-refractivity contribution is 0.0724. The van der Waals surface area contributed by atoms with Crippen molar-refractivity contribution >= 4 is 28.9 Å². The van der Waals surface area contributed by atoms with Crippen molar-refractivity contribution in [3.8, 4) is 0 Å². The largest absolute Gasteiger partial charge is 0.358 e. The minimum atomic E-state index is -0.272. The number of likely N-dealkylation sites (tertiary alicyclic amines) is 1. The Morgan fingerprint density at radius 2 is 1.93 bits per heavy atom. The quantitative estimate of drug-likeness (QED) is 0.773. The maximum absolute atomic E-state index is 13.6. The van der Waals surface area contributed by atoms with Gasteiger partial charge in [0.1, 0.15) is 5.82 Å². The molecule has 0 atom stereocenters. The van der Waals surface area contributed by atoms with Gasteiger partial charge in [0.25, 0.3) is 5.91 Å². The van der Waals surface area contributed by atoms with E-state index in [9.17, 15) is 9.18 Å². The molecule has 1 aliphatic heterocycles. The van der Waals surface area contributed by atoms with Gasteiger partial charge in [0.2, 0.25) is 0 Å². The fraction of sp³-hybridized carbons (Fsp3) is 0.333. The molecular formula is C21H24FN3OS. The lowest BCUT2D eigenvalue weighted by Crippen LogP contribution is -2.35. The summed E-state index contributed by atoms with van der Waals surface area (Å²) in [5.74, 6) is -0.181. The molecule has 1 fully saturated rings. The third-order valence-corrected chi connectivity index (χ3v) is 4.95. The molecule has 3 rings (SSSR count). The zero-order valence-corrected chi connectivity index (χ0v) is 16.2. The van der Waals surface area contributed by atoms with Crippen molar-refractivity contribution in [3.63, 3.8) is 0 Å². The highest BCUT2D eigenvalue weighted by atomic mass is 32.1. The smallest absolute Gasteiger partial charge is 0.253 e. The number of piperidine rings is 1. The van der Waals surface area contributed by atoms with Crippen LogP contribution in [0, 0.1) is 12.7 Å². The van der Waals surface area contributed by atoms with Gasteiger partial charge in [0.05, 0.1) is 0 Å². The summed E-state index contributed by atoms with van der Waals surface area (Å²) in [5, 5.41) is 6.48. The zero-order chi connectivity index (χ0) is 19.2. The van der Waals surface area contributed by atoms with Gasteiger partial charge in [-0.15, -0.1) is 0 Å². The maximum atomic E-state index is 13.6. The third-order valence-electron chi connectivity index (χ3n) is 4.70. The number of amides is 1. The summed E-state index contributed by atoms with van der Waals surface area (Å²) in [7, 11) is 0. The van der Waals surface area contributed by atoms with Crippen LogP contribution < -0.4 is 10.6 Å². The summed E-state index contributed by atoms with van der Waals surface area (Å²) >= 11 is 5.28. The van der Waals surface area contributed by atoms with Crippen molar-refractivity contribution in [1.82, 2.24) is 10.2 Å². The topological polar surface area (TPSA) is 44.4 Å². The minimum absolute atomic E-state index is 0.0902. The third kappa shape index (κ3) is 5.26. The molecule has 0 spiro atoms. The molecule has 4 nitrogen and oxygen atoms in total. The predicted molar refractivity (Wildman–Crippen MR) is 110 cm³/mol. The van der Waals surface area contributed by atoms with Crippen molar-refractivity contribution in [1.29, 1.82) is 0 Å². The Balaban J connectivity index is 1.56. The van der Waals surface area contributed by atoms with Crippen molar-refractivity contribution in [2.75, 3.05) is 18.4 Å². The molecule has 2 N–H and O–H groups in total. The van der Waals surface area contributed by atoms with Crippen molar-refractivity contribution in [2.45, 2.75) is 32.7 Å². The molecule has 1 saturated heterocycles. The molecule has 0 saturated carbocycles. The van der Waals surface area contributed by atoms with Gasteiger partial charge in [-0.3, -0.25) is 4.79 Å². The number of thiocarbonyl (C=S) groups is 1. The Morgan fingerprint density at radius 3 is 2.67 bits per heavy atom. The van der Waals surface area contributed by atoms with E-state index < -0.39 is 0 Å². The van der Waals surface area contributed by atoms with Gasteiger partial charge in [0.15, 0.2) is 5.11 Å². The Labute approximate surface area is 164 Å². The number of carbonyl (C=O) groups is 1. The van der Waals surface area contributed by atoms with E-state index in [1.807, 2.05) is 29.2 Å². The molecule has 0 unspecified atom stereocenters. The van der Waals surface area contributed by atoms with Crippen LogP contribution in [0.4, 0.5) is 10.1 Å². The monoisotopic (exact) mass is 385 g/mol. The number of hydrogen-bond donors (Lipinski definition) is 2. The molecule has 27 heavy (non-hydrogen) atoms. The van der Waals surface area contributed by atoms with E-state index in [1.54, 1.807) is 19.1 Å². The Kier molecular flexibility index (Phi) is 6.40. The summed E-state index contributed by atoms with van der Waals surface area (Å²) in [6.45, 7) is 3.88. The first kappa shape index (κ1) is 19.3. The highest BCUT2D eigenvalue weighted by Crippen LogP contribution is 2.15. The average molecular weight is 386 g/mol. The Hall–Kier alpha value is -2.47. The molecule has 1 heterocycles. The van der Waals surface area contributed by atoms with E-state index in [0.717, 1.165) is 31.5 Å². The molecular weight excluding hydrogens is 361 g/mol. The molecule has 1 aliphatic rings. The number of halogens is 1. The first-order valence-corrected chi connectivity index (χ1v) is 9.63. The van der Waals surface area contributed by atoms with E-state index in [4.69, 9.17) is 12.2 Å². The molecule has 2 aromatic rings. The number of hydrogen-bond acceptors (Lipinski definition) is 2. The summed E-state index contributed by atoms with van der Waals surface area (Å²) < 4.78 is 13.6. The number of nitrogens with one attached hydrogen (secondary N) is 2. The second-order valence-electron chi connectivity index (χ2n) is 6.82. The van der Waals surface area contributed by atoms with Crippen LogP contribution >= 0.6 is 12.2 Å². The van der Waals surface area contributed by atoms with Gasteiger partial charge in [-0.1, -0.05) is 18.2 Å². The van der Waals surface area contributed by atoms with Gasteiger partial charge in [-0.25, -0.2) is 4.39 Å². The van der Waals surface area contributed by atoms with E-state index in [2.05, 4.69) is 10.6 Å². The van der Waals surface area contributed by atoms with Crippen LogP contribution in [-0.4, -0.2) is 29.0 Å². The van der Waals surface area contributed by atoms with Crippen LogP contribution in [0.1, 0.15) is 40.7 Å². The fourth-order valence-electron chi connectivity index (χ4n) is 3.12. The van der Waals surface area contributed by atoms with Gasteiger partial charge in [-0.2, -0.15) is 0 Å². The highest BCUT2D eigenvalue weighted by Gasteiger charge is 2.18. The second kappa shape index (κ2) is 8.95. The van der Waals surface area contributed by atoms with E-state index in [0.29, 0.717) is 28.5 Å². The SMILES string of the molecule is Cc1ccc(NC(=S)NCc2cccc(C(=O)N3CCCCC3)c2)cc1F. The van der Waals surface area contributed by atoms with E-state index in [-0.39, 0.29) is 11.7 Å². The summed E-state index contributed by atoms with van der Waals surface area (Å²) in [4.78, 5) is 14.5. The van der Waals surface area contributed by atoms with Gasteiger partial charge in [-0.05, 0) is 73.8 Å². The first-order chi connectivity index (χ1) is 13.0. The zero-order valence-electron chi connectivity index (χ0n) is 15.4. The molecule has 0 bridgehead atoms. The van der Waals surface area contributed by atoms with Gasteiger partial charge in [0, 0.05) is 30.9 Å². The van der Waals surface area contributed by atoms with E-state index >= 15 is 0 Å². The second-order valence-corrected chi connectivity index (χ2v) is 7.23. The van der Waals surface area contributed by atoms with Crippen LogP contribution in [0.2, 0.25) is 0 Å². The van der Waals surface area contributed by atoms with Crippen LogP contribution in [0.15, 0.2) is 42.5 Å². The number of benzene rings is 2. The number of carbonyl (C=O) groups excluding carboxylic acids is 1. The summed E-state index contributed by atoms with van der Waals surface area (Å²) in [5.41, 5.74) is 2.87. The Bertz CT molecular complexity index is 834. The van der Waals surface area contributed by atoms with Crippen molar-refractivity contribution in [2.24, 2.45) is 0 Å². The first-order valence-electron chi connectivity index (χ1n) is 9.22.